The minimum atomic E-state index is -0.559. The Morgan fingerprint density at radius 3 is 2.34 bits per heavy atom. The molecule has 0 aliphatic carbocycles. The van der Waals surface area contributed by atoms with Crippen LogP contribution in [-0.2, 0) is 11.3 Å². The van der Waals surface area contributed by atoms with E-state index in [9.17, 15) is 14.0 Å². The summed E-state index contributed by atoms with van der Waals surface area (Å²) in [4.78, 5) is 33.6. The van der Waals surface area contributed by atoms with Crippen molar-refractivity contribution in [2.24, 2.45) is 0 Å². The van der Waals surface area contributed by atoms with Crippen molar-refractivity contribution in [1.82, 2.24) is 15.3 Å². The first-order chi connectivity index (χ1) is 14.0. The van der Waals surface area contributed by atoms with E-state index in [4.69, 9.17) is 0 Å². The lowest BCUT2D eigenvalue weighted by molar-refractivity contribution is -0.118. The Hall–Kier alpha value is -3.61. The van der Waals surface area contributed by atoms with Crippen molar-refractivity contribution in [3.8, 4) is 11.3 Å². The fourth-order valence-corrected chi connectivity index (χ4v) is 2.73. The van der Waals surface area contributed by atoms with E-state index in [0.717, 1.165) is 16.9 Å². The highest BCUT2D eigenvalue weighted by molar-refractivity contribution is 5.94. The molecular formula is C22H21FN4O2. The van der Waals surface area contributed by atoms with Crippen LogP contribution in [0.2, 0.25) is 0 Å². The summed E-state index contributed by atoms with van der Waals surface area (Å²) in [6.07, 6.45) is 3.33. The molecule has 7 heteroatoms. The quantitative estimate of drug-likeness (QED) is 0.651. The number of aromatic nitrogens is 2. The number of nitrogens with zero attached hydrogens (tertiary/aromatic N) is 3. The number of amides is 2. The summed E-state index contributed by atoms with van der Waals surface area (Å²) in [7, 11) is 1.74. The maximum atomic E-state index is 12.8. The van der Waals surface area contributed by atoms with E-state index in [-0.39, 0.29) is 18.4 Å². The van der Waals surface area contributed by atoms with E-state index in [1.165, 1.54) is 18.5 Å². The van der Waals surface area contributed by atoms with Gasteiger partial charge in [-0.25, -0.2) is 4.98 Å². The molecule has 3 rings (SSSR count). The Bertz CT molecular complexity index is 987. The van der Waals surface area contributed by atoms with E-state index in [1.54, 1.807) is 30.1 Å². The molecule has 6 nitrogen and oxygen atoms in total. The highest BCUT2D eigenvalue weighted by atomic mass is 19.1. The molecule has 0 aliphatic heterocycles. The normalized spacial score (nSPS) is 10.4. The van der Waals surface area contributed by atoms with Gasteiger partial charge >= 0.3 is 0 Å². The molecule has 0 bridgehead atoms. The summed E-state index contributed by atoms with van der Waals surface area (Å²) in [6, 6.07) is 13.8. The topological polar surface area (TPSA) is 75.2 Å². The number of halogens is 1. The molecule has 0 saturated carbocycles. The smallest absolute Gasteiger partial charge is 0.253 e. The van der Waals surface area contributed by atoms with Gasteiger partial charge in [-0.05, 0) is 35.9 Å². The third kappa shape index (κ3) is 5.01. The summed E-state index contributed by atoms with van der Waals surface area (Å²) in [5.41, 5.74) is 3.55. The van der Waals surface area contributed by atoms with Crippen molar-refractivity contribution in [1.29, 1.82) is 0 Å². The summed E-state index contributed by atoms with van der Waals surface area (Å²) in [5, 5.41) is 2.75. The molecular weight excluding hydrogens is 371 g/mol. The minimum absolute atomic E-state index is 0.0441. The van der Waals surface area contributed by atoms with Gasteiger partial charge in [-0.1, -0.05) is 25.1 Å². The van der Waals surface area contributed by atoms with Crippen LogP contribution in [0, 0.1) is 5.95 Å². The first kappa shape index (κ1) is 20.1. The lowest BCUT2D eigenvalue weighted by Crippen LogP contribution is -2.24. The SMILES string of the molecule is CCC(=O)N(C)c1ccc(-c2ccc(C(=O)NCc3ccc(F)nc3)cn2)cc1. The maximum Gasteiger partial charge on any atom is 0.253 e. The Morgan fingerprint density at radius 1 is 1.00 bits per heavy atom. The van der Waals surface area contributed by atoms with E-state index >= 15 is 0 Å². The second-order valence-electron chi connectivity index (χ2n) is 6.46. The summed E-state index contributed by atoms with van der Waals surface area (Å²) < 4.78 is 12.8. The Balaban J connectivity index is 1.64. The lowest BCUT2D eigenvalue weighted by atomic mass is 10.1. The van der Waals surface area contributed by atoms with Gasteiger partial charge in [-0.3, -0.25) is 14.6 Å². The van der Waals surface area contributed by atoms with Crippen LogP contribution in [-0.4, -0.2) is 28.8 Å². The molecule has 29 heavy (non-hydrogen) atoms. The number of carbonyl (C=O) groups is 2. The second kappa shape index (κ2) is 9.05. The third-order valence-electron chi connectivity index (χ3n) is 4.49. The highest BCUT2D eigenvalue weighted by Gasteiger charge is 2.10. The average molecular weight is 392 g/mol. The molecule has 1 aromatic carbocycles. The highest BCUT2D eigenvalue weighted by Crippen LogP contribution is 2.22. The van der Waals surface area contributed by atoms with Gasteiger partial charge in [0.1, 0.15) is 0 Å². The average Bonchev–Trinajstić information content (AvgIpc) is 2.77. The van der Waals surface area contributed by atoms with Gasteiger partial charge in [0, 0.05) is 43.7 Å². The van der Waals surface area contributed by atoms with Crippen LogP contribution in [0.1, 0.15) is 29.3 Å². The largest absolute Gasteiger partial charge is 0.348 e. The molecule has 2 aromatic heterocycles. The number of hydrogen-bond acceptors (Lipinski definition) is 4. The van der Waals surface area contributed by atoms with Crippen LogP contribution in [0.25, 0.3) is 11.3 Å². The fraction of sp³-hybridized carbons (Fsp3) is 0.182. The molecule has 2 amide bonds. The number of hydrogen-bond donors (Lipinski definition) is 1. The molecule has 2 heterocycles. The number of nitrogens with one attached hydrogen (secondary N) is 1. The predicted molar refractivity (Wildman–Crippen MR) is 109 cm³/mol. The number of benzene rings is 1. The molecule has 148 valence electrons. The molecule has 0 aliphatic rings. The van der Waals surface area contributed by atoms with E-state index in [2.05, 4.69) is 15.3 Å². The zero-order chi connectivity index (χ0) is 20.8. The minimum Gasteiger partial charge on any atom is -0.348 e. The number of pyridine rings is 2. The third-order valence-corrected chi connectivity index (χ3v) is 4.49. The Kier molecular flexibility index (Phi) is 6.29. The first-order valence-corrected chi connectivity index (χ1v) is 9.19. The molecule has 0 fully saturated rings. The molecule has 0 radical (unpaired) electrons. The van der Waals surface area contributed by atoms with E-state index < -0.39 is 5.95 Å². The zero-order valence-corrected chi connectivity index (χ0v) is 16.2. The van der Waals surface area contributed by atoms with Gasteiger partial charge in [0.25, 0.3) is 5.91 Å². The molecule has 1 N–H and O–H groups in total. The monoisotopic (exact) mass is 392 g/mol. The van der Waals surface area contributed by atoms with Crippen molar-refractivity contribution in [3.05, 3.63) is 78.0 Å². The molecule has 0 spiro atoms. The van der Waals surface area contributed by atoms with Crippen LogP contribution in [0.15, 0.2) is 60.9 Å². The van der Waals surface area contributed by atoms with Crippen LogP contribution in [0.4, 0.5) is 10.1 Å². The van der Waals surface area contributed by atoms with Crippen molar-refractivity contribution in [3.63, 3.8) is 0 Å². The molecule has 0 saturated heterocycles. The number of anilines is 1. The molecule has 0 unspecified atom stereocenters. The summed E-state index contributed by atoms with van der Waals surface area (Å²) in [6.45, 7) is 2.07. The van der Waals surface area contributed by atoms with Gasteiger partial charge < -0.3 is 10.2 Å². The lowest BCUT2D eigenvalue weighted by Gasteiger charge is -2.16. The van der Waals surface area contributed by atoms with Crippen molar-refractivity contribution in [2.45, 2.75) is 19.9 Å². The van der Waals surface area contributed by atoms with Gasteiger partial charge in [0.2, 0.25) is 11.9 Å². The summed E-state index contributed by atoms with van der Waals surface area (Å²) >= 11 is 0. The van der Waals surface area contributed by atoms with Crippen LogP contribution < -0.4 is 10.2 Å². The van der Waals surface area contributed by atoms with Gasteiger partial charge in [-0.15, -0.1) is 0 Å². The van der Waals surface area contributed by atoms with Crippen molar-refractivity contribution in [2.75, 3.05) is 11.9 Å². The summed E-state index contributed by atoms with van der Waals surface area (Å²) in [5.74, 6) is -0.789. The number of rotatable bonds is 6. The molecule has 0 atom stereocenters. The van der Waals surface area contributed by atoms with Gasteiger partial charge in [-0.2, -0.15) is 4.39 Å². The zero-order valence-electron chi connectivity index (χ0n) is 16.2. The fourth-order valence-electron chi connectivity index (χ4n) is 2.73. The van der Waals surface area contributed by atoms with Gasteiger partial charge in [0.15, 0.2) is 0 Å². The van der Waals surface area contributed by atoms with Crippen LogP contribution >= 0.6 is 0 Å². The van der Waals surface area contributed by atoms with Crippen molar-refractivity contribution < 1.29 is 14.0 Å². The van der Waals surface area contributed by atoms with Gasteiger partial charge in [0.05, 0.1) is 11.3 Å². The first-order valence-electron chi connectivity index (χ1n) is 9.19. The Labute approximate surface area is 168 Å². The standard InChI is InChI=1S/C22H21FN4O2/c1-3-21(28)27(2)18-8-5-16(6-9-18)19-10-7-17(14-24-19)22(29)26-13-15-4-11-20(23)25-12-15/h4-12,14H,3,13H2,1-2H3,(H,26,29). The Morgan fingerprint density at radius 2 is 1.76 bits per heavy atom. The van der Waals surface area contributed by atoms with Crippen molar-refractivity contribution >= 4 is 17.5 Å². The van der Waals surface area contributed by atoms with Crippen LogP contribution in [0.5, 0.6) is 0 Å². The van der Waals surface area contributed by atoms with E-state index in [0.29, 0.717) is 17.5 Å². The number of carbonyl (C=O) groups excluding carboxylic acids is 2. The van der Waals surface area contributed by atoms with Crippen LogP contribution in [0.3, 0.4) is 0 Å². The molecule has 3 aromatic rings. The predicted octanol–water partition coefficient (Wildman–Crippen LogP) is 3.59. The second-order valence-corrected chi connectivity index (χ2v) is 6.46. The maximum absolute atomic E-state index is 12.8. The van der Waals surface area contributed by atoms with E-state index in [1.807, 2.05) is 31.2 Å².